The Morgan fingerprint density at radius 2 is 1.66 bits per heavy atom. The molecule has 3 aromatic rings. The summed E-state index contributed by atoms with van der Waals surface area (Å²) in [7, 11) is 0. The van der Waals surface area contributed by atoms with Crippen LogP contribution in [0.25, 0.3) is 0 Å². The molecular formula is C22H18Cl2N2O3. The van der Waals surface area contributed by atoms with Crippen LogP contribution >= 0.6 is 23.2 Å². The maximum absolute atomic E-state index is 13.0. The van der Waals surface area contributed by atoms with E-state index < -0.39 is 6.04 Å². The molecule has 1 amide bonds. The topological polar surface area (TPSA) is 59.6 Å². The molecule has 0 spiro atoms. The van der Waals surface area contributed by atoms with E-state index in [0.717, 1.165) is 16.9 Å². The van der Waals surface area contributed by atoms with Gasteiger partial charge in [0.1, 0.15) is 6.04 Å². The van der Waals surface area contributed by atoms with Crippen LogP contribution in [-0.4, -0.2) is 12.7 Å². The molecule has 1 aliphatic rings. The highest BCUT2D eigenvalue weighted by atomic mass is 35.5. The van der Waals surface area contributed by atoms with Crippen LogP contribution < -0.4 is 20.1 Å². The summed E-state index contributed by atoms with van der Waals surface area (Å²) in [4.78, 5) is 13.0. The number of hydrogen-bond acceptors (Lipinski definition) is 4. The molecule has 0 aromatic heterocycles. The first-order valence-corrected chi connectivity index (χ1v) is 9.78. The zero-order valence-corrected chi connectivity index (χ0v) is 16.8. The molecule has 1 heterocycles. The van der Waals surface area contributed by atoms with E-state index in [9.17, 15) is 4.79 Å². The van der Waals surface area contributed by atoms with Gasteiger partial charge in [0.05, 0.1) is 0 Å². The lowest BCUT2D eigenvalue weighted by molar-refractivity contribution is -0.118. The first kappa shape index (κ1) is 19.6. The smallest absolute Gasteiger partial charge is 0.246 e. The molecule has 5 nitrogen and oxygen atoms in total. The van der Waals surface area contributed by atoms with Crippen LogP contribution in [0.15, 0.2) is 66.7 Å². The van der Waals surface area contributed by atoms with Gasteiger partial charge in [-0.2, -0.15) is 0 Å². The SMILES string of the molecule is O=C(Nc1cc(Cl)cc(Cl)c1)C(NCc1ccc2c(c1)OCO2)c1ccccc1. The Bertz CT molecular complexity index is 1010. The van der Waals surface area contributed by atoms with E-state index in [-0.39, 0.29) is 12.7 Å². The maximum atomic E-state index is 13.0. The van der Waals surface area contributed by atoms with Crippen molar-refractivity contribution >= 4 is 34.8 Å². The van der Waals surface area contributed by atoms with E-state index in [1.165, 1.54) is 0 Å². The number of hydrogen-bond donors (Lipinski definition) is 2. The molecular weight excluding hydrogens is 411 g/mol. The van der Waals surface area contributed by atoms with Crippen LogP contribution in [0.4, 0.5) is 5.69 Å². The number of nitrogens with one attached hydrogen (secondary N) is 2. The Morgan fingerprint density at radius 1 is 0.931 bits per heavy atom. The number of carbonyl (C=O) groups is 1. The first-order valence-electron chi connectivity index (χ1n) is 9.02. The molecule has 0 saturated heterocycles. The Kier molecular flexibility index (Phi) is 5.90. The average molecular weight is 429 g/mol. The lowest BCUT2D eigenvalue weighted by Gasteiger charge is -2.19. The Morgan fingerprint density at radius 3 is 2.41 bits per heavy atom. The summed E-state index contributed by atoms with van der Waals surface area (Å²) in [6, 6.07) is 19.6. The van der Waals surface area contributed by atoms with Gasteiger partial charge in [-0.25, -0.2) is 0 Å². The molecule has 1 aliphatic heterocycles. The van der Waals surface area contributed by atoms with Crippen LogP contribution in [0.5, 0.6) is 11.5 Å². The van der Waals surface area contributed by atoms with Crippen LogP contribution in [-0.2, 0) is 11.3 Å². The fourth-order valence-electron chi connectivity index (χ4n) is 3.12. The predicted molar refractivity (Wildman–Crippen MR) is 114 cm³/mol. The zero-order chi connectivity index (χ0) is 20.2. The van der Waals surface area contributed by atoms with Crippen LogP contribution in [0.1, 0.15) is 17.2 Å². The highest BCUT2D eigenvalue weighted by Crippen LogP contribution is 2.32. The Balaban J connectivity index is 1.52. The molecule has 3 aromatic carbocycles. The second-order valence-corrected chi connectivity index (χ2v) is 7.43. The minimum Gasteiger partial charge on any atom is -0.454 e. The fraction of sp³-hybridized carbons (Fsp3) is 0.136. The van der Waals surface area contributed by atoms with Crippen molar-refractivity contribution in [3.05, 3.63) is 87.9 Å². The minimum absolute atomic E-state index is 0.213. The number of ether oxygens (including phenoxy) is 2. The highest BCUT2D eigenvalue weighted by Gasteiger charge is 2.21. The van der Waals surface area contributed by atoms with Gasteiger partial charge in [-0.3, -0.25) is 10.1 Å². The summed E-state index contributed by atoms with van der Waals surface area (Å²) in [6.07, 6.45) is 0. The number of halogens is 2. The van der Waals surface area contributed by atoms with Crippen molar-refractivity contribution < 1.29 is 14.3 Å². The third kappa shape index (κ3) is 4.82. The lowest BCUT2D eigenvalue weighted by atomic mass is 10.1. The summed E-state index contributed by atoms with van der Waals surface area (Å²) in [5.41, 5.74) is 2.37. The van der Waals surface area contributed by atoms with Crippen molar-refractivity contribution in [2.24, 2.45) is 0 Å². The number of rotatable bonds is 6. The standard InChI is InChI=1S/C22H18Cl2N2O3/c23-16-9-17(24)11-18(10-16)26-22(27)21(15-4-2-1-3-5-15)25-12-14-6-7-19-20(8-14)29-13-28-19/h1-11,21,25H,12-13H2,(H,26,27). The molecule has 1 unspecified atom stereocenters. The molecule has 1 atom stereocenters. The molecule has 7 heteroatoms. The maximum Gasteiger partial charge on any atom is 0.246 e. The van der Waals surface area contributed by atoms with Crippen molar-refractivity contribution in [3.63, 3.8) is 0 Å². The van der Waals surface area contributed by atoms with Gasteiger partial charge in [0, 0.05) is 22.3 Å². The quantitative estimate of drug-likeness (QED) is 0.566. The molecule has 148 valence electrons. The van der Waals surface area contributed by atoms with E-state index in [4.69, 9.17) is 32.7 Å². The summed E-state index contributed by atoms with van der Waals surface area (Å²) >= 11 is 12.1. The van der Waals surface area contributed by atoms with Crippen LogP contribution in [0.3, 0.4) is 0 Å². The number of anilines is 1. The van der Waals surface area contributed by atoms with Gasteiger partial charge in [-0.05, 0) is 41.5 Å². The van der Waals surface area contributed by atoms with E-state index in [2.05, 4.69) is 10.6 Å². The van der Waals surface area contributed by atoms with Crippen molar-refractivity contribution in [1.29, 1.82) is 0 Å². The minimum atomic E-state index is -0.570. The molecule has 0 saturated carbocycles. The number of fused-ring (bicyclic) bond motifs is 1. The van der Waals surface area contributed by atoms with E-state index in [0.29, 0.717) is 28.0 Å². The summed E-state index contributed by atoms with van der Waals surface area (Å²) in [6.45, 7) is 0.698. The number of amides is 1. The monoisotopic (exact) mass is 428 g/mol. The normalized spacial score (nSPS) is 13.2. The van der Waals surface area contributed by atoms with Crippen LogP contribution in [0.2, 0.25) is 10.0 Å². The van der Waals surface area contributed by atoms with Gasteiger partial charge in [-0.15, -0.1) is 0 Å². The van der Waals surface area contributed by atoms with E-state index >= 15 is 0 Å². The van der Waals surface area contributed by atoms with Gasteiger partial charge in [0.2, 0.25) is 12.7 Å². The second kappa shape index (κ2) is 8.74. The van der Waals surface area contributed by atoms with Crippen molar-refractivity contribution in [2.45, 2.75) is 12.6 Å². The third-order valence-corrected chi connectivity index (χ3v) is 4.91. The van der Waals surface area contributed by atoms with Crippen molar-refractivity contribution in [1.82, 2.24) is 5.32 Å². The van der Waals surface area contributed by atoms with E-state index in [1.54, 1.807) is 18.2 Å². The zero-order valence-electron chi connectivity index (χ0n) is 15.3. The predicted octanol–water partition coefficient (Wildman–Crippen LogP) is 5.19. The van der Waals surface area contributed by atoms with Crippen molar-refractivity contribution in [3.8, 4) is 11.5 Å². The Labute approximate surface area is 178 Å². The molecule has 4 rings (SSSR count). The summed E-state index contributed by atoms with van der Waals surface area (Å²) in [5, 5.41) is 7.12. The van der Waals surface area contributed by atoms with Gasteiger partial charge < -0.3 is 14.8 Å². The number of carbonyl (C=O) groups excluding carboxylic acids is 1. The van der Waals surface area contributed by atoms with Crippen molar-refractivity contribution in [2.75, 3.05) is 12.1 Å². The number of benzene rings is 3. The average Bonchev–Trinajstić information content (AvgIpc) is 3.16. The third-order valence-electron chi connectivity index (χ3n) is 4.47. The molecule has 0 radical (unpaired) electrons. The lowest BCUT2D eigenvalue weighted by Crippen LogP contribution is -2.32. The molecule has 29 heavy (non-hydrogen) atoms. The molecule has 0 aliphatic carbocycles. The molecule has 0 bridgehead atoms. The van der Waals surface area contributed by atoms with Gasteiger partial charge in [-0.1, -0.05) is 59.6 Å². The Hall–Kier alpha value is -2.73. The molecule has 0 fully saturated rings. The second-order valence-electron chi connectivity index (χ2n) is 6.56. The van der Waals surface area contributed by atoms with Gasteiger partial charge in [0.25, 0.3) is 0 Å². The summed E-state index contributed by atoms with van der Waals surface area (Å²) < 4.78 is 10.8. The van der Waals surface area contributed by atoms with Crippen LogP contribution in [0, 0.1) is 0 Å². The fourth-order valence-corrected chi connectivity index (χ4v) is 3.64. The largest absolute Gasteiger partial charge is 0.454 e. The van der Waals surface area contributed by atoms with Gasteiger partial charge in [0.15, 0.2) is 11.5 Å². The molecule has 2 N–H and O–H groups in total. The van der Waals surface area contributed by atoms with Gasteiger partial charge >= 0.3 is 0 Å². The highest BCUT2D eigenvalue weighted by molar-refractivity contribution is 6.35. The first-order chi connectivity index (χ1) is 14.1. The van der Waals surface area contributed by atoms with E-state index in [1.807, 2.05) is 48.5 Å². The summed E-state index contributed by atoms with van der Waals surface area (Å²) in [5.74, 6) is 1.22.